The maximum atomic E-state index is 12.0. The van der Waals surface area contributed by atoms with Gasteiger partial charge in [-0.1, -0.05) is 11.6 Å². The lowest BCUT2D eigenvalue weighted by Crippen LogP contribution is -2.44. The Balaban J connectivity index is 1.85. The minimum absolute atomic E-state index is 0.139. The summed E-state index contributed by atoms with van der Waals surface area (Å²) >= 11 is 6.23. The van der Waals surface area contributed by atoms with Gasteiger partial charge in [0, 0.05) is 20.1 Å². The molecule has 0 radical (unpaired) electrons. The van der Waals surface area contributed by atoms with E-state index in [1.54, 1.807) is 13.4 Å². The number of methoxy groups -OCH3 is 2. The molecule has 7 nitrogen and oxygen atoms in total. The molecule has 0 N–H and O–H groups in total. The van der Waals surface area contributed by atoms with E-state index >= 15 is 0 Å². The van der Waals surface area contributed by atoms with Crippen molar-refractivity contribution >= 4 is 28.7 Å². The highest BCUT2D eigenvalue weighted by Gasteiger charge is 2.44. The Bertz CT molecular complexity index is 738. The van der Waals surface area contributed by atoms with Crippen LogP contribution in [0.4, 0.5) is 0 Å². The highest BCUT2D eigenvalue weighted by atomic mass is 35.5. The molecule has 2 aromatic heterocycles. The zero-order valence-corrected chi connectivity index (χ0v) is 14.1. The summed E-state index contributed by atoms with van der Waals surface area (Å²) in [6, 6.07) is 0. The lowest BCUT2D eigenvalue weighted by atomic mass is 9.78. The molecule has 1 saturated carbocycles. The largest absolute Gasteiger partial charge is 0.467 e. The maximum Gasteiger partial charge on any atom is 0.338 e. The Morgan fingerprint density at radius 2 is 2.04 bits per heavy atom. The van der Waals surface area contributed by atoms with Crippen LogP contribution in [0.3, 0.4) is 0 Å². The van der Waals surface area contributed by atoms with E-state index in [0.717, 1.165) is 18.5 Å². The highest BCUT2D eigenvalue weighted by molar-refractivity contribution is 6.33. The van der Waals surface area contributed by atoms with Gasteiger partial charge in [-0.05, 0) is 25.7 Å². The summed E-state index contributed by atoms with van der Waals surface area (Å²) in [6.45, 7) is 0. The number of carbonyl (C=O) groups is 1. The van der Waals surface area contributed by atoms with Crippen LogP contribution >= 0.6 is 11.6 Å². The molecule has 1 fully saturated rings. The Labute approximate surface area is 139 Å². The van der Waals surface area contributed by atoms with E-state index in [4.69, 9.17) is 21.1 Å². The number of esters is 1. The number of hydrogen-bond donors (Lipinski definition) is 0. The number of imidazole rings is 1. The zero-order chi connectivity index (χ0) is 16.6. The van der Waals surface area contributed by atoms with Crippen molar-refractivity contribution in [3.05, 3.63) is 17.3 Å². The molecule has 0 aliphatic heterocycles. The Hall–Kier alpha value is -1.73. The van der Waals surface area contributed by atoms with Crippen molar-refractivity contribution in [2.24, 2.45) is 7.05 Å². The van der Waals surface area contributed by atoms with Gasteiger partial charge in [0.1, 0.15) is 11.3 Å². The van der Waals surface area contributed by atoms with Gasteiger partial charge in [-0.25, -0.2) is 19.7 Å². The fourth-order valence-electron chi connectivity index (χ4n) is 3.19. The second-order valence-electron chi connectivity index (χ2n) is 5.86. The molecule has 124 valence electrons. The van der Waals surface area contributed by atoms with Gasteiger partial charge in [0.05, 0.1) is 13.4 Å². The molecule has 0 bridgehead atoms. The van der Waals surface area contributed by atoms with Crippen LogP contribution < -0.4 is 0 Å². The van der Waals surface area contributed by atoms with Crippen LogP contribution in [0.15, 0.2) is 6.33 Å². The second-order valence-corrected chi connectivity index (χ2v) is 6.22. The number of halogens is 1. The van der Waals surface area contributed by atoms with Crippen LogP contribution in [0.25, 0.3) is 11.2 Å². The van der Waals surface area contributed by atoms with Gasteiger partial charge in [0.2, 0.25) is 0 Å². The lowest BCUT2D eigenvalue weighted by molar-refractivity contribution is -0.170. The first-order valence-corrected chi connectivity index (χ1v) is 7.86. The van der Waals surface area contributed by atoms with Crippen molar-refractivity contribution in [3.8, 4) is 0 Å². The smallest absolute Gasteiger partial charge is 0.338 e. The summed E-state index contributed by atoms with van der Waals surface area (Å²) < 4.78 is 12.2. The predicted octanol–water partition coefficient (Wildman–Crippen LogP) is 2.23. The third kappa shape index (κ3) is 2.68. The number of hydrogen-bond acceptors (Lipinski definition) is 6. The number of nitrogens with zero attached hydrogens (tertiary/aromatic N) is 4. The van der Waals surface area contributed by atoms with Crippen molar-refractivity contribution < 1.29 is 14.3 Å². The molecule has 2 aromatic rings. The summed E-state index contributed by atoms with van der Waals surface area (Å²) in [4.78, 5) is 25.2. The van der Waals surface area contributed by atoms with Crippen molar-refractivity contribution in [2.75, 3.05) is 14.2 Å². The molecule has 0 unspecified atom stereocenters. The van der Waals surface area contributed by atoms with Gasteiger partial charge >= 0.3 is 5.97 Å². The Morgan fingerprint density at radius 1 is 1.35 bits per heavy atom. The Kier molecular flexibility index (Phi) is 4.25. The summed E-state index contributed by atoms with van der Waals surface area (Å²) in [7, 11) is 4.80. The average molecular weight is 339 g/mol. The first-order valence-electron chi connectivity index (χ1n) is 7.49. The van der Waals surface area contributed by atoms with Crippen LogP contribution in [0.2, 0.25) is 5.15 Å². The predicted molar refractivity (Wildman–Crippen MR) is 84.3 cm³/mol. The maximum absolute atomic E-state index is 12.0. The van der Waals surface area contributed by atoms with Crippen molar-refractivity contribution in [2.45, 2.75) is 37.2 Å². The van der Waals surface area contributed by atoms with Crippen LogP contribution in [0.5, 0.6) is 0 Å². The molecule has 0 atom stereocenters. The van der Waals surface area contributed by atoms with Gasteiger partial charge in [-0.3, -0.25) is 0 Å². The molecule has 2 heterocycles. The van der Waals surface area contributed by atoms with E-state index < -0.39 is 5.60 Å². The van der Waals surface area contributed by atoms with Gasteiger partial charge in [0.25, 0.3) is 0 Å². The molecule has 0 aromatic carbocycles. The number of carbonyl (C=O) groups excluding carboxylic acids is 1. The Morgan fingerprint density at radius 3 is 2.65 bits per heavy atom. The summed E-state index contributed by atoms with van der Waals surface area (Å²) in [6.07, 6.45) is 4.30. The zero-order valence-electron chi connectivity index (χ0n) is 13.4. The fraction of sp³-hybridized carbons (Fsp3) is 0.600. The number of ether oxygens (including phenoxy) is 2. The number of fused-ring (bicyclic) bond motifs is 1. The molecular weight excluding hydrogens is 320 g/mol. The highest BCUT2D eigenvalue weighted by Crippen LogP contribution is 2.40. The third-order valence-electron chi connectivity index (χ3n) is 4.64. The van der Waals surface area contributed by atoms with Crippen LogP contribution in [-0.4, -0.2) is 45.3 Å². The molecule has 1 aliphatic rings. The van der Waals surface area contributed by atoms with E-state index in [9.17, 15) is 4.79 Å². The molecule has 0 spiro atoms. The minimum atomic E-state index is -0.855. The topological polar surface area (TPSA) is 79.1 Å². The van der Waals surface area contributed by atoms with E-state index in [1.807, 2.05) is 11.6 Å². The van der Waals surface area contributed by atoms with E-state index in [-0.39, 0.29) is 11.9 Å². The van der Waals surface area contributed by atoms with E-state index in [1.165, 1.54) is 7.11 Å². The van der Waals surface area contributed by atoms with E-state index in [2.05, 4.69) is 15.0 Å². The molecule has 1 aliphatic carbocycles. The van der Waals surface area contributed by atoms with Crippen LogP contribution in [0, 0.1) is 0 Å². The van der Waals surface area contributed by atoms with Crippen LogP contribution in [0.1, 0.15) is 37.4 Å². The van der Waals surface area contributed by atoms with Crippen molar-refractivity contribution in [3.63, 3.8) is 0 Å². The fourth-order valence-corrected chi connectivity index (χ4v) is 3.41. The monoisotopic (exact) mass is 338 g/mol. The molecule has 3 rings (SSSR count). The second kappa shape index (κ2) is 6.05. The number of rotatable bonds is 3. The summed E-state index contributed by atoms with van der Waals surface area (Å²) in [5.41, 5.74) is 0.470. The quantitative estimate of drug-likeness (QED) is 0.630. The normalized spacial score (nSPS) is 24.8. The number of aryl methyl sites for hydroxylation is 1. The lowest BCUT2D eigenvalue weighted by Gasteiger charge is -2.36. The average Bonchev–Trinajstić information content (AvgIpc) is 2.96. The van der Waals surface area contributed by atoms with Crippen LogP contribution in [-0.2, 0) is 21.3 Å². The molecule has 8 heteroatoms. The van der Waals surface area contributed by atoms with Gasteiger partial charge < -0.3 is 14.0 Å². The molecule has 0 saturated heterocycles. The standard InChI is InChI=1S/C15H19ClN4O3/c1-20-8-17-10-11(16)18-12(19-13(10)20)9-4-6-15(23-3,7-5-9)14(21)22-2/h8-9H,4-7H2,1-3H3. The number of aromatic nitrogens is 4. The van der Waals surface area contributed by atoms with Gasteiger partial charge in [-0.15, -0.1) is 0 Å². The van der Waals surface area contributed by atoms with Crippen molar-refractivity contribution in [1.82, 2.24) is 19.5 Å². The van der Waals surface area contributed by atoms with Gasteiger partial charge in [0.15, 0.2) is 16.4 Å². The first-order chi connectivity index (χ1) is 11.0. The van der Waals surface area contributed by atoms with Gasteiger partial charge in [-0.2, -0.15) is 0 Å². The SMILES string of the molecule is COC(=O)C1(OC)CCC(c2nc(Cl)c3ncn(C)c3n2)CC1. The van der Waals surface area contributed by atoms with E-state index in [0.29, 0.717) is 29.3 Å². The minimum Gasteiger partial charge on any atom is -0.467 e. The molecular formula is C15H19ClN4O3. The third-order valence-corrected chi connectivity index (χ3v) is 4.90. The molecule has 23 heavy (non-hydrogen) atoms. The van der Waals surface area contributed by atoms with Crippen molar-refractivity contribution in [1.29, 1.82) is 0 Å². The first kappa shape index (κ1) is 16.1. The summed E-state index contributed by atoms with van der Waals surface area (Å²) in [5.74, 6) is 0.514. The molecule has 0 amide bonds. The summed E-state index contributed by atoms with van der Waals surface area (Å²) in [5, 5.41) is 0.363.